The summed E-state index contributed by atoms with van der Waals surface area (Å²) in [5, 5.41) is 5.73. The number of imidazole rings is 1. The van der Waals surface area contributed by atoms with Gasteiger partial charge in [0.1, 0.15) is 5.75 Å². The standard InChI is InChI=1S/C23H30N6O2S/c1-3-26-11-13-27(14-12-26)21(30)18-5-4-10-28(15-18)23-25-29-16-20(24-22(29)32-23)17-6-8-19(31-2)9-7-17/h6-9,16,18H,3-5,10-15H2,1-2H3/t18-/m0/s1. The number of anilines is 1. The predicted octanol–water partition coefficient (Wildman–Crippen LogP) is 2.85. The highest BCUT2D eigenvalue weighted by molar-refractivity contribution is 7.20. The largest absolute Gasteiger partial charge is 0.497 e. The lowest BCUT2D eigenvalue weighted by Gasteiger charge is -2.38. The smallest absolute Gasteiger partial charge is 0.227 e. The molecule has 3 aromatic rings. The quantitative estimate of drug-likeness (QED) is 0.591. The van der Waals surface area contributed by atoms with Gasteiger partial charge in [0.25, 0.3) is 0 Å². The molecule has 8 nitrogen and oxygen atoms in total. The summed E-state index contributed by atoms with van der Waals surface area (Å²) < 4.78 is 7.09. The number of benzene rings is 1. The first kappa shape index (κ1) is 21.2. The molecule has 2 aromatic heterocycles. The molecule has 32 heavy (non-hydrogen) atoms. The summed E-state index contributed by atoms with van der Waals surface area (Å²) in [6.45, 7) is 8.60. The molecule has 1 atom stereocenters. The lowest BCUT2D eigenvalue weighted by atomic mass is 9.96. The summed E-state index contributed by atoms with van der Waals surface area (Å²) in [5.41, 5.74) is 1.94. The van der Waals surface area contributed by atoms with E-state index in [1.165, 1.54) is 0 Å². The minimum Gasteiger partial charge on any atom is -0.497 e. The molecule has 0 aliphatic carbocycles. The van der Waals surface area contributed by atoms with Crippen molar-refractivity contribution >= 4 is 27.3 Å². The van der Waals surface area contributed by atoms with Crippen molar-refractivity contribution < 1.29 is 9.53 Å². The number of nitrogens with zero attached hydrogens (tertiary/aromatic N) is 6. The Balaban J connectivity index is 1.26. The molecule has 9 heteroatoms. The van der Waals surface area contributed by atoms with Gasteiger partial charge in [0.2, 0.25) is 16.0 Å². The third kappa shape index (κ3) is 4.19. The average molecular weight is 455 g/mol. The number of fused-ring (bicyclic) bond motifs is 1. The fourth-order valence-electron chi connectivity index (χ4n) is 4.61. The van der Waals surface area contributed by atoms with Crippen molar-refractivity contribution in [3.8, 4) is 17.0 Å². The van der Waals surface area contributed by atoms with Crippen molar-refractivity contribution in [1.29, 1.82) is 0 Å². The minimum atomic E-state index is 0.0583. The van der Waals surface area contributed by atoms with Gasteiger partial charge in [0.05, 0.1) is 24.9 Å². The van der Waals surface area contributed by atoms with Gasteiger partial charge in [-0.3, -0.25) is 4.79 Å². The number of piperidine rings is 1. The van der Waals surface area contributed by atoms with E-state index in [-0.39, 0.29) is 5.92 Å². The van der Waals surface area contributed by atoms with E-state index in [9.17, 15) is 4.79 Å². The topological polar surface area (TPSA) is 66.2 Å². The Morgan fingerprint density at radius 2 is 1.94 bits per heavy atom. The van der Waals surface area contributed by atoms with E-state index in [1.807, 2.05) is 35.0 Å². The molecule has 2 aliphatic rings. The minimum absolute atomic E-state index is 0.0583. The molecule has 0 spiro atoms. The van der Waals surface area contributed by atoms with Gasteiger partial charge in [0, 0.05) is 44.8 Å². The second-order valence-corrected chi connectivity index (χ2v) is 9.45. The first-order chi connectivity index (χ1) is 15.6. The molecular formula is C23H30N6O2S. The molecule has 0 radical (unpaired) electrons. The van der Waals surface area contributed by atoms with Crippen molar-refractivity contribution in [2.24, 2.45) is 5.92 Å². The molecule has 2 saturated heterocycles. The number of amides is 1. The highest BCUT2D eigenvalue weighted by Crippen LogP contribution is 2.30. The van der Waals surface area contributed by atoms with Gasteiger partial charge in [-0.25, -0.2) is 9.50 Å². The van der Waals surface area contributed by atoms with E-state index in [4.69, 9.17) is 14.8 Å². The fraction of sp³-hybridized carbons (Fsp3) is 0.522. The van der Waals surface area contributed by atoms with Crippen LogP contribution in [0.25, 0.3) is 16.2 Å². The molecule has 2 fully saturated rings. The zero-order valence-corrected chi connectivity index (χ0v) is 19.6. The van der Waals surface area contributed by atoms with E-state index >= 15 is 0 Å². The average Bonchev–Trinajstić information content (AvgIpc) is 3.43. The van der Waals surface area contributed by atoms with Crippen LogP contribution >= 0.6 is 11.3 Å². The van der Waals surface area contributed by atoms with Gasteiger partial charge in [-0.1, -0.05) is 18.3 Å². The first-order valence-corrected chi connectivity index (χ1v) is 12.2. The Bertz CT molecular complexity index is 1040. The Hall–Kier alpha value is -2.65. The molecular weight excluding hydrogens is 424 g/mol. The molecule has 4 heterocycles. The number of rotatable bonds is 5. The number of carbonyl (C=O) groups excluding carboxylic acids is 1. The maximum absolute atomic E-state index is 13.1. The number of aromatic nitrogens is 3. The van der Waals surface area contributed by atoms with Crippen molar-refractivity contribution in [2.45, 2.75) is 19.8 Å². The van der Waals surface area contributed by atoms with Gasteiger partial charge < -0.3 is 19.4 Å². The van der Waals surface area contributed by atoms with E-state index in [0.717, 1.165) is 85.8 Å². The van der Waals surface area contributed by atoms with Crippen LogP contribution in [-0.4, -0.2) is 83.2 Å². The van der Waals surface area contributed by atoms with E-state index in [0.29, 0.717) is 5.91 Å². The number of likely N-dealkylation sites (N-methyl/N-ethyl adjacent to an activating group) is 1. The Morgan fingerprint density at radius 3 is 2.62 bits per heavy atom. The van der Waals surface area contributed by atoms with Gasteiger partial charge in [-0.2, -0.15) is 0 Å². The Labute approximate surface area is 192 Å². The monoisotopic (exact) mass is 454 g/mol. The molecule has 1 aromatic carbocycles. The van der Waals surface area contributed by atoms with Crippen LogP contribution in [0.15, 0.2) is 30.5 Å². The van der Waals surface area contributed by atoms with Crippen LogP contribution in [0.2, 0.25) is 0 Å². The number of carbonyl (C=O) groups is 1. The maximum atomic E-state index is 13.1. The molecule has 0 saturated carbocycles. The van der Waals surface area contributed by atoms with E-state index < -0.39 is 0 Å². The van der Waals surface area contributed by atoms with Crippen molar-refractivity contribution in [2.75, 3.05) is 57.8 Å². The summed E-state index contributed by atoms with van der Waals surface area (Å²) in [4.78, 5) is 25.5. The van der Waals surface area contributed by atoms with E-state index in [1.54, 1.807) is 18.4 Å². The predicted molar refractivity (Wildman–Crippen MR) is 126 cm³/mol. The molecule has 5 rings (SSSR count). The van der Waals surface area contributed by atoms with Gasteiger partial charge in [0.15, 0.2) is 0 Å². The maximum Gasteiger partial charge on any atom is 0.227 e. The summed E-state index contributed by atoms with van der Waals surface area (Å²) >= 11 is 1.59. The SMILES string of the molecule is CCN1CCN(C(=O)[C@H]2CCCN(c3nn4cc(-c5ccc(OC)cc5)nc4s3)C2)CC1. The van der Waals surface area contributed by atoms with Crippen LogP contribution < -0.4 is 9.64 Å². The highest BCUT2D eigenvalue weighted by atomic mass is 32.1. The normalized spacial score (nSPS) is 20.1. The first-order valence-electron chi connectivity index (χ1n) is 11.4. The Morgan fingerprint density at radius 1 is 1.16 bits per heavy atom. The second-order valence-electron chi connectivity index (χ2n) is 8.51. The second kappa shape index (κ2) is 9.07. The van der Waals surface area contributed by atoms with Crippen LogP contribution in [0.1, 0.15) is 19.8 Å². The molecule has 0 unspecified atom stereocenters. The van der Waals surface area contributed by atoms with Crippen molar-refractivity contribution in [3.63, 3.8) is 0 Å². The van der Waals surface area contributed by atoms with Crippen LogP contribution in [0.4, 0.5) is 5.13 Å². The highest BCUT2D eigenvalue weighted by Gasteiger charge is 2.32. The molecule has 0 bridgehead atoms. The van der Waals surface area contributed by atoms with Gasteiger partial charge in [-0.05, 0) is 43.7 Å². The summed E-state index contributed by atoms with van der Waals surface area (Å²) in [7, 11) is 1.66. The molecule has 2 aliphatic heterocycles. The van der Waals surface area contributed by atoms with Gasteiger partial charge >= 0.3 is 0 Å². The number of piperazine rings is 1. The Kier molecular flexibility index (Phi) is 6.01. The number of hydrogen-bond donors (Lipinski definition) is 0. The summed E-state index contributed by atoms with van der Waals surface area (Å²) in [6.07, 6.45) is 3.95. The number of ether oxygens (including phenoxy) is 1. The number of methoxy groups -OCH3 is 1. The van der Waals surface area contributed by atoms with Crippen molar-refractivity contribution in [1.82, 2.24) is 24.4 Å². The van der Waals surface area contributed by atoms with Crippen LogP contribution in [0.3, 0.4) is 0 Å². The van der Waals surface area contributed by atoms with Crippen LogP contribution in [0, 0.1) is 5.92 Å². The van der Waals surface area contributed by atoms with Crippen molar-refractivity contribution in [3.05, 3.63) is 30.5 Å². The van der Waals surface area contributed by atoms with Crippen LogP contribution in [-0.2, 0) is 4.79 Å². The van der Waals surface area contributed by atoms with E-state index in [2.05, 4.69) is 21.6 Å². The summed E-state index contributed by atoms with van der Waals surface area (Å²) in [5.74, 6) is 1.20. The lowest BCUT2D eigenvalue weighted by Crippen LogP contribution is -2.52. The third-order valence-electron chi connectivity index (χ3n) is 6.59. The molecule has 170 valence electrons. The lowest BCUT2D eigenvalue weighted by molar-refractivity contribution is -0.137. The summed E-state index contributed by atoms with van der Waals surface area (Å²) in [6, 6.07) is 7.89. The van der Waals surface area contributed by atoms with Crippen LogP contribution in [0.5, 0.6) is 5.75 Å². The van der Waals surface area contributed by atoms with Gasteiger partial charge in [-0.15, -0.1) is 5.10 Å². The third-order valence-corrected chi connectivity index (χ3v) is 7.57. The zero-order chi connectivity index (χ0) is 22.1. The number of hydrogen-bond acceptors (Lipinski definition) is 7. The zero-order valence-electron chi connectivity index (χ0n) is 18.7. The fourth-order valence-corrected chi connectivity index (χ4v) is 5.53. The molecule has 1 amide bonds. The molecule has 0 N–H and O–H groups in total.